The van der Waals surface area contributed by atoms with Crippen LogP contribution in [0.25, 0.3) is 67.7 Å². The number of imidazole rings is 1. The first-order valence-corrected chi connectivity index (χ1v) is 34.8. The summed E-state index contributed by atoms with van der Waals surface area (Å²) >= 11 is 6.41. The number of rotatable bonds is 14. The highest BCUT2D eigenvalue weighted by molar-refractivity contribution is 6.33. The standard InChI is InChI=1S/C26H33N7O3.C24H29N7O.C23H25ClN6O/c1-17-12-21(30-6-4-20(5-7-30)31(8-10-34)9-11-35)16-32-25(36)14-22(28-26(17)32)23-13-24-19(3)27-18(2)15-33(24)29-23;1-5-25-18-6-8-29(9-7-18)19-10-15(2)24-27-20(12-23(32)30(24)14-19)21-11-22-17(4)26-16(3)13-31(22)28-21;1-14(2)28-6-4-16(5-7-28)20-13-30-21(10-25-20)27-19(9-22(30)31)17-8-18(24)23-26-15(3)11-29(23)12-17/h12-16,20,34-35H,4-11H2,1-3H3;10-14,18,25H,5-9H2,1-4H3;8-14,16H,4-7H2,1-3H3. The van der Waals surface area contributed by atoms with Gasteiger partial charge in [0.15, 0.2) is 11.3 Å². The van der Waals surface area contributed by atoms with E-state index in [9.17, 15) is 24.6 Å². The molecule has 15 heterocycles. The van der Waals surface area contributed by atoms with Gasteiger partial charge in [0.05, 0.1) is 110 Å². The fourth-order valence-electron chi connectivity index (χ4n) is 14.4. The Kier molecular flexibility index (Phi) is 19.9. The molecular weight excluding hydrogens is 1270 g/mol. The molecule has 0 aliphatic carbocycles. The molecule has 12 aromatic rings. The summed E-state index contributed by atoms with van der Waals surface area (Å²) < 4.78 is 10.3. The minimum absolute atomic E-state index is 0.0904. The van der Waals surface area contributed by atoms with E-state index in [1.54, 1.807) is 48.2 Å². The van der Waals surface area contributed by atoms with Gasteiger partial charge in [0, 0.05) is 118 Å². The van der Waals surface area contributed by atoms with E-state index in [1.165, 1.54) is 0 Å². The van der Waals surface area contributed by atoms with Crippen molar-refractivity contribution in [3.63, 3.8) is 0 Å². The second-order valence-corrected chi connectivity index (χ2v) is 27.3. The normalized spacial score (nSPS) is 15.4. The molecule has 3 fully saturated rings. The maximum atomic E-state index is 13.2. The topological polar surface area (TPSA) is 259 Å². The molecule has 0 atom stereocenters. The molecule has 516 valence electrons. The van der Waals surface area contributed by atoms with Crippen LogP contribution in [0.4, 0.5) is 11.4 Å². The fourth-order valence-corrected chi connectivity index (χ4v) is 14.7. The van der Waals surface area contributed by atoms with Crippen molar-refractivity contribution in [2.75, 3.05) is 81.9 Å². The van der Waals surface area contributed by atoms with E-state index < -0.39 is 0 Å². The van der Waals surface area contributed by atoms with Crippen molar-refractivity contribution in [2.24, 2.45) is 0 Å². The van der Waals surface area contributed by atoms with Crippen molar-refractivity contribution in [3.8, 4) is 34.0 Å². The van der Waals surface area contributed by atoms with Crippen LogP contribution in [0.5, 0.6) is 0 Å². The van der Waals surface area contributed by atoms with E-state index in [4.69, 9.17) is 21.6 Å². The summed E-state index contributed by atoms with van der Waals surface area (Å²) in [7, 11) is 0. The number of nitrogens with one attached hydrogen (secondary N) is 1. The molecule has 26 heteroatoms. The molecule has 0 radical (unpaired) electrons. The molecule has 12 aromatic heterocycles. The number of aliphatic hydroxyl groups is 2. The van der Waals surface area contributed by atoms with Crippen LogP contribution in [0.15, 0.2) is 112 Å². The van der Waals surface area contributed by atoms with E-state index in [2.05, 4.69) is 92.9 Å². The smallest absolute Gasteiger partial charge is 0.258 e. The van der Waals surface area contributed by atoms with Gasteiger partial charge in [-0.1, -0.05) is 18.5 Å². The summed E-state index contributed by atoms with van der Waals surface area (Å²) in [5, 5.41) is 32.1. The largest absolute Gasteiger partial charge is 0.395 e. The van der Waals surface area contributed by atoms with Gasteiger partial charge < -0.3 is 34.6 Å². The van der Waals surface area contributed by atoms with Crippen molar-refractivity contribution in [1.29, 1.82) is 0 Å². The number of aryl methyl sites for hydroxylation is 7. The van der Waals surface area contributed by atoms with E-state index in [1.807, 2.05) is 113 Å². The Labute approximate surface area is 578 Å². The van der Waals surface area contributed by atoms with E-state index in [0.29, 0.717) is 93.2 Å². The molecule has 99 heavy (non-hydrogen) atoms. The minimum atomic E-state index is -0.144. The molecule has 0 bridgehead atoms. The Bertz CT molecular complexity index is 5160. The number of anilines is 2. The first-order valence-electron chi connectivity index (χ1n) is 34.4. The van der Waals surface area contributed by atoms with E-state index in [0.717, 1.165) is 158 Å². The first kappa shape index (κ1) is 68.2. The lowest BCUT2D eigenvalue weighted by Crippen LogP contribution is -2.47. The Balaban J connectivity index is 0.000000134. The lowest BCUT2D eigenvalue weighted by Gasteiger charge is -2.39. The molecule has 0 saturated carbocycles. The van der Waals surface area contributed by atoms with Crippen LogP contribution in [-0.4, -0.2) is 182 Å². The van der Waals surface area contributed by atoms with Crippen molar-refractivity contribution in [3.05, 3.63) is 179 Å². The van der Waals surface area contributed by atoms with Crippen molar-refractivity contribution >= 4 is 56.6 Å². The van der Waals surface area contributed by atoms with Gasteiger partial charge in [0.25, 0.3) is 16.7 Å². The summed E-state index contributed by atoms with van der Waals surface area (Å²) in [6.07, 6.45) is 21.1. The average Bonchev–Trinajstić information content (AvgIpc) is 1.61. The van der Waals surface area contributed by atoms with E-state index in [-0.39, 0.29) is 29.9 Å². The fraction of sp³-hybridized carbons (Fsp3) is 0.425. The number of piperidine rings is 3. The molecule has 0 aromatic carbocycles. The number of pyridine rings is 3. The monoisotopic (exact) mass is 1360 g/mol. The van der Waals surface area contributed by atoms with Crippen LogP contribution < -0.4 is 31.8 Å². The number of aromatic nitrogens is 15. The lowest BCUT2D eigenvalue weighted by molar-refractivity contribution is 0.108. The minimum Gasteiger partial charge on any atom is -0.395 e. The third-order valence-electron chi connectivity index (χ3n) is 19.5. The summed E-state index contributed by atoms with van der Waals surface area (Å²) in [5.74, 6) is 0.372. The number of likely N-dealkylation sites (tertiary alicyclic amines) is 1. The molecule has 3 saturated heterocycles. The predicted octanol–water partition coefficient (Wildman–Crippen LogP) is 8.45. The zero-order chi connectivity index (χ0) is 69.5. The van der Waals surface area contributed by atoms with Crippen LogP contribution in [0.2, 0.25) is 5.02 Å². The molecule has 3 N–H and O–H groups in total. The van der Waals surface area contributed by atoms with Gasteiger partial charge in [-0.05, 0) is 162 Å². The summed E-state index contributed by atoms with van der Waals surface area (Å²) in [6.45, 7) is 28.4. The third kappa shape index (κ3) is 14.4. The molecule has 3 aliphatic rings. The van der Waals surface area contributed by atoms with Gasteiger partial charge >= 0.3 is 0 Å². The van der Waals surface area contributed by atoms with Crippen LogP contribution in [0, 0.1) is 48.5 Å². The summed E-state index contributed by atoms with van der Waals surface area (Å²) in [6, 6.07) is 16.0. The van der Waals surface area contributed by atoms with Crippen LogP contribution in [0.3, 0.4) is 0 Å². The zero-order valence-electron chi connectivity index (χ0n) is 58.1. The molecule has 0 amide bonds. The number of aliphatic hydroxyl groups excluding tert-OH is 2. The van der Waals surface area contributed by atoms with Crippen LogP contribution in [-0.2, 0) is 0 Å². The number of fused-ring (bicyclic) bond motifs is 6. The molecule has 15 rings (SSSR count). The van der Waals surface area contributed by atoms with Gasteiger partial charge in [-0.3, -0.25) is 47.4 Å². The highest BCUT2D eigenvalue weighted by Gasteiger charge is 2.28. The number of hydrogen-bond donors (Lipinski definition) is 3. The summed E-state index contributed by atoms with van der Waals surface area (Å²) in [4.78, 5) is 80.9. The first-order chi connectivity index (χ1) is 47.7. The Morgan fingerprint density at radius 2 is 1.06 bits per heavy atom. The number of halogens is 1. The maximum absolute atomic E-state index is 13.2. The van der Waals surface area contributed by atoms with Crippen molar-refractivity contribution in [2.45, 2.75) is 132 Å². The Hall–Kier alpha value is -9.37. The average molecular weight is 1360 g/mol. The second-order valence-electron chi connectivity index (χ2n) is 26.9. The molecule has 0 unspecified atom stereocenters. The van der Waals surface area contributed by atoms with Crippen molar-refractivity contribution < 1.29 is 10.2 Å². The highest BCUT2D eigenvalue weighted by Crippen LogP contribution is 2.31. The lowest BCUT2D eigenvalue weighted by atomic mass is 9.93. The van der Waals surface area contributed by atoms with Gasteiger partial charge in [-0.25, -0.2) is 29.0 Å². The third-order valence-corrected chi connectivity index (χ3v) is 19.8. The SMILES string of the molecule is CCNC1CCN(c2cc(C)c3nc(-c4cc5c(C)nc(C)cn5n4)cc(=O)n3c2)CC1.Cc1cn2cc(-c3cc(=O)n4cc(C5CCN(C(C)C)CC5)ncc4n3)cc(Cl)c2n1.Cc1cn2nc(-c3cc(=O)n4cc(N5CCC(N(CCO)CCO)CC5)cc(C)c4n3)cc2c(C)n1. The molecular formula is C73H87ClN20O5. The van der Waals surface area contributed by atoms with Gasteiger partial charge in [0.2, 0.25) is 0 Å². The maximum Gasteiger partial charge on any atom is 0.258 e. The highest BCUT2D eigenvalue weighted by atomic mass is 35.5. The van der Waals surface area contributed by atoms with E-state index >= 15 is 0 Å². The van der Waals surface area contributed by atoms with Gasteiger partial charge in [0.1, 0.15) is 22.7 Å². The predicted molar refractivity (Wildman–Crippen MR) is 387 cm³/mol. The van der Waals surface area contributed by atoms with Gasteiger partial charge in [-0.2, -0.15) is 10.2 Å². The molecule has 3 aliphatic heterocycles. The Morgan fingerprint density at radius 3 is 1.59 bits per heavy atom. The van der Waals surface area contributed by atoms with Gasteiger partial charge in [-0.15, -0.1) is 0 Å². The quantitative estimate of drug-likeness (QED) is 0.0922. The summed E-state index contributed by atoms with van der Waals surface area (Å²) in [5.41, 5.74) is 17.1. The number of hydrogen-bond acceptors (Lipinski definition) is 19. The Morgan fingerprint density at radius 1 is 0.545 bits per heavy atom. The van der Waals surface area contributed by atoms with Crippen molar-refractivity contribution in [1.82, 2.24) is 86.8 Å². The molecule has 25 nitrogen and oxygen atoms in total. The van der Waals surface area contributed by atoms with Crippen LogP contribution in [0.1, 0.15) is 111 Å². The van der Waals surface area contributed by atoms with Crippen LogP contribution >= 0.6 is 11.6 Å². The number of nitrogens with zero attached hydrogens (tertiary/aromatic N) is 19. The molecule has 0 spiro atoms. The second kappa shape index (κ2) is 28.8. The zero-order valence-corrected chi connectivity index (χ0v) is 58.8.